The van der Waals surface area contributed by atoms with Gasteiger partial charge in [-0.25, -0.2) is 0 Å². The summed E-state index contributed by atoms with van der Waals surface area (Å²) in [6.07, 6.45) is 0. The van der Waals surface area contributed by atoms with Gasteiger partial charge in [0.2, 0.25) is 0 Å². The molecule has 4 heteroatoms. The van der Waals surface area contributed by atoms with Gasteiger partial charge in [-0.2, -0.15) is 0 Å². The Morgan fingerprint density at radius 2 is 1.81 bits per heavy atom. The molecule has 0 atom stereocenters. The molecule has 1 saturated heterocycles. The van der Waals surface area contributed by atoms with Gasteiger partial charge in [-0.3, -0.25) is 0 Å². The van der Waals surface area contributed by atoms with Gasteiger partial charge in [-0.1, -0.05) is 11.6 Å². The number of hydrogen-bond acceptors (Lipinski definition) is 3. The van der Waals surface area contributed by atoms with E-state index in [-0.39, 0.29) is 0 Å². The van der Waals surface area contributed by atoms with Crippen LogP contribution in [0.2, 0.25) is 5.02 Å². The molecule has 0 amide bonds. The number of nitrogen functional groups attached to an aromatic ring is 1. The zero-order valence-corrected chi connectivity index (χ0v) is 10.6. The number of rotatable bonds is 1. The van der Waals surface area contributed by atoms with Gasteiger partial charge in [0.25, 0.3) is 0 Å². The summed E-state index contributed by atoms with van der Waals surface area (Å²) in [5, 5.41) is 0.766. The van der Waals surface area contributed by atoms with Crippen molar-refractivity contribution in [1.29, 1.82) is 0 Å². The fraction of sp³-hybridized carbons (Fsp3) is 0.500. The quantitative estimate of drug-likeness (QED) is 0.761. The predicted molar refractivity (Wildman–Crippen MR) is 70.3 cm³/mol. The fourth-order valence-corrected chi connectivity index (χ4v) is 2.53. The van der Waals surface area contributed by atoms with Crippen LogP contribution in [0.3, 0.4) is 0 Å². The first kappa shape index (κ1) is 11.6. The molecule has 2 N–H and O–H groups in total. The average Bonchev–Trinajstić information content (AvgIpc) is 2.19. The summed E-state index contributed by atoms with van der Waals surface area (Å²) in [5.74, 6) is 0. The van der Waals surface area contributed by atoms with Gasteiger partial charge in [0, 0.05) is 26.2 Å². The highest BCUT2D eigenvalue weighted by atomic mass is 35.5. The SMILES string of the molecule is Cc1cc(N)c(N2CCN(C)CC2)c(Cl)c1. The molecule has 88 valence electrons. The smallest absolute Gasteiger partial charge is 0.0790 e. The Morgan fingerprint density at radius 1 is 1.19 bits per heavy atom. The number of hydrogen-bond donors (Lipinski definition) is 1. The highest BCUT2D eigenvalue weighted by molar-refractivity contribution is 6.34. The zero-order valence-electron chi connectivity index (χ0n) is 9.83. The van der Waals surface area contributed by atoms with Gasteiger partial charge in [0.1, 0.15) is 0 Å². The number of halogens is 1. The van der Waals surface area contributed by atoms with Crippen LogP contribution in [0.1, 0.15) is 5.56 Å². The maximum absolute atomic E-state index is 6.27. The lowest BCUT2D eigenvalue weighted by Gasteiger charge is -2.35. The normalized spacial score (nSPS) is 17.8. The minimum atomic E-state index is 0.766. The van der Waals surface area contributed by atoms with Crippen LogP contribution in [0.5, 0.6) is 0 Å². The highest BCUT2D eigenvalue weighted by Crippen LogP contribution is 2.33. The molecule has 1 fully saturated rings. The van der Waals surface area contributed by atoms with Crippen molar-refractivity contribution in [2.45, 2.75) is 6.92 Å². The summed E-state index contributed by atoms with van der Waals surface area (Å²) in [6.45, 7) is 6.11. The van der Waals surface area contributed by atoms with Gasteiger partial charge in [0.05, 0.1) is 16.4 Å². The van der Waals surface area contributed by atoms with Crippen LogP contribution in [0.15, 0.2) is 12.1 Å². The molecule has 0 unspecified atom stereocenters. The first-order chi connectivity index (χ1) is 7.58. The molecule has 0 aliphatic carbocycles. The summed E-state index contributed by atoms with van der Waals surface area (Å²) in [7, 11) is 2.14. The molecule has 0 bridgehead atoms. The van der Waals surface area contributed by atoms with Crippen LogP contribution < -0.4 is 10.6 Å². The topological polar surface area (TPSA) is 32.5 Å². The largest absolute Gasteiger partial charge is 0.397 e. The summed E-state index contributed by atoms with van der Waals surface area (Å²) in [5.41, 5.74) is 8.95. The summed E-state index contributed by atoms with van der Waals surface area (Å²) in [6, 6.07) is 3.96. The van der Waals surface area contributed by atoms with Crippen molar-refractivity contribution < 1.29 is 0 Å². The molecular weight excluding hydrogens is 222 g/mol. The van der Waals surface area contributed by atoms with Crippen LogP contribution in [0, 0.1) is 6.92 Å². The van der Waals surface area contributed by atoms with Crippen molar-refractivity contribution >= 4 is 23.0 Å². The minimum Gasteiger partial charge on any atom is -0.397 e. The van der Waals surface area contributed by atoms with Crippen LogP contribution in [0.25, 0.3) is 0 Å². The van der Waals surface area contributed by atoms with Gasteiger partial charge in [-0.05, 0) is 31.7 Å². The van der Waals surface area contributed by atoms with Crippen molar-refractivity contribution in [1.82, 2.24) is 4.90 Å². The third-order valence-electron chi connectivity index (χ3n) is 3.06. The highest BCUT2D eigenvalue weighted by Gasteiger charge is 2.18. The molecule has 1 heterocycles. The Morgan fingerprint density at radius 3 is 2.38 bits per heavy atom. The van der Waals surface area contributed by atoms with Crippen molar-refractivity contribution in [3.8, 4) is 0 Å². The molecule has 1 aliphatic heterocycles. The lowest BCUT2D eigenvalue weighted by molar-refractivity contribution is 0.313. The van der Waals surface area contributed by atoms with E-state index in [1.54, 1.807) is 0 Å². The maximum atomic E-state index is 6.27. The second kappa shape index (κ2) is 4.52. The molecule has 0 saturated carbocycles. The number of likely N-dealkylation sites (N-methyl/N-ethyl adjacent to an activating group) is 1. The van der Waals surface area contributed by atoms with Gasteiger partial charge < -0.3 is 15.5 Å². The van der Waals surface area contributed by atoms with E-state index in [4.69, 9.17) is 17.3 Å². The average molecular weight is 240 g/mol. The van der Waals surface area contributed by atoms with Crippen molar-refractivity contribution in [2.24, 2.45) is 0 Å². The second-order valence-corrected chi connectivity index (χ2v) is 4.88. The van der Waals surface area contributed by atoms with E-state index in [0.29, 0.717) is 0 Å². The monoisotopic (exact) mass is 239 g/mol. The Hall–Kier alpha value is -0.930. The van der Waals surface area contributed by atoms with E-state index in [2.05, 4.69) is 16.8 Å². The number of benzene rings is 1. The van der Waals surface area contributed by atoms with Crippen molar-refractivity contribution in [3.63, 3.8) is 0 Å². The van der Waals surface area contributed by atoms with Crippen LogP contribution in [-0.2, 0) is 0 Å². The Kier molecular flexibility index (Phi) is 3.26. The van der Waals surface area contributed by atoms with Crippen LogP contribution in [0.4, 0.5) is 11.4 Å². The number of nitrogens with two attached hydrogens (primary N) is 1. The predicted octanol–water partition coefficient (Wildman–Crippen LogP) is 1.98. The van der Waals surface area contributed by atoms with Crippen LogP contribution in [-0.4, -0.2) is 38.1 Å². The molecular formula is C12H18ClN3. The van der Waals surface area contributed by atoms with E-state index in [0.717, 1.165) is 48.1 Å². The third-order valence-corrected chi connectivity index (χ3v) is 3.34. The first-order valence-electron chi connectivity index (χ1n) is 5.57. The minimum absolute atomic E-state index is 0.766. The van der Waals surface area contributed by atoms with E-state index in [1.807, 2.05) is 19.1 Å². The zero-order chi connectivity index (χ0) is 11.7. The summed E-state index contributed by atoms with van der Waals surface area (Å²) >= 11 is 6.27. The van der Waals surface area contributed by atoms with E-state index < -0.39 is 0 Å². The first-order valence-corrected chi connectivity index (χ1v) is 5.95. The molecule has 1 aliphatic rings. The fourth-order valence-electron chi connectivity index (χ4n) is 2.13. The summed E-state index contributed by atoms with van der Waals surface area (Å²) < 4.78 is 0. The van der Waals surface area contributed by atoms with Gasteiger partial charge >= 0.3 is 0 Å². The standard InChI is InChI=1S/C12H18ClN3/c1-9-7-10(13)12(11(14)8-9)16-5-3-15(2)4-6-16/h7-8H,3-6,14H2,1-2H3. The van der Waals surface area contributed by atoms with Crippen LogP contribution >= 0.6 is 11.6 Å². The maximum Gasteiger partial charge on any atom is 0.0790 e. The van der Waals surface area contributed by atoms with Crippen molar-refractivity contribution in [3.05, 3.63) is 22.7 Å². The molecule has 0 spiro atoms. The molecule has 0 aromatic heterocycles. The van der Waals surface area contributed by atoms with Gasteiger partial charge in [-0.15, -0.1) is 0 Å². The lowest BCUT2D eigenvalue weighted by Crippen LogP contribution is -2.44. The van der Waals surface area contributed by atoms with Crippen molar-refractivity contribution in [2.75, 3.05) is 43.9 Å². The number of anilines is 2. The lowest BCUT2D eigenvalue weighted by atomic mass is 10.1. The molecule has 1 aromatic carbocycles. The second-order valence-electron chi connectivity index (χ2n) is 4.47. The third kappa shape index (κ3) is 2.25. The Labute approximate surface area is 102 Å². The summed E-state index contributed by atoms with van der Waals surface area (Å²) in [4.78, 5) is 4.59. The number of aryl methyl sites for hydroxylation is 1. The van der Waals surface area contributed by atoms with E-state index >= 15 is 0 Å². The molecule has 2 rings (SSSR count). The number of piperazine rings is 1. The molecule has 1 aromatic rings. The van der Waals surface area contributed by atoms with E-state index in [9.17, 15) is 0 Å². The van der Waals surface area contributed by atoms with Gasteiger partial charge in [0.15, 0.2) is 0 Å². The van der Waals surface area contributed by atoms with E-state index in [1.165, 1.54) is 0 Å². The Balaban J connectivity index is 2.26. The molecule has 0 radical (unpaired) electrons. The molecule has 3 nitrogen and oxygen atoms in total. The molecule has 16 heavy (non-hydrogen) atoms. The Bertz CT molecular complexity index is 361. The number of nitrogens with zero attached hydrogens (tertiary/aromatic N) is 2.